The lowest BCUT2D eigenvalue weighted by Gasteiger charge is -2.29. The van der Waals surface area contributed by atoms with E-state index in [0.29, 0.717) is 18.8 Å². The summed E-state index contributed by atoms with van der Waals surface area (Å²) in [6.45, 7) is 3.72. The molecule has 3 unspecified atom stereocenters. The highest BCUT2D eigenvalue weighted by Gasteiger charge is 2.40. The molecule has 0 saturated heterocycles. The zero-order chi connectivity index (χ0) is 21.2. The van der Waals surface area contributed by atoms with E-state index in [1.54, 1.807) is 0 Å². The molecule has 2 saturated carbocycles. The van der Waals surface area contributed by atoms with Crippen LogP contribution in [0.25, 0.3) is 0 Å². The summed E-state index contributed by atoms with van der Waals surface area (Å²) in [5, 5.41) is 21.1. The molecule has 0 aromatic rings. The molecular weight excluding hydrogens is 388 g/mol. The number of hydrogen-bond acceptors (Lipinski definition) is 4. The number of alkyl halides is 1. The van der Waals surface area contributed by atoms with Crippen molar-refractivity contribution in [2.45, 2.75) is 115 Å². The van der Waals surface area contributed by atoms with Gasteiger partial charge in [0.2, 0.25) is 0 Å². The van der Waals surface area contributed by atoms with Crippen molar-refractivity contribution in [3.8, 4) is 0 Å². The average Bonchev–Trinajstić information content (AvgIpc) is 2.95. The highest BCUT2D eigenvalue weighted by atomic mass is 35.5. The Kier molecular flexibility index (Phi) is 11.0. The van der Waals surface area contributed by atoms with E-state index < -0.39 is 0 Å². The lowest BCUT2D eigenvalue weighted by atomic mass is 9.81. The number of halogens is 1. The van der Waals surface area contributed by atoms with Crippen molar-refractivity contribution in [1.82, 2.24) is 0 Å². The van der Waals surface area contributed by atoms with E-state index in [-0.39, 0.29) is 41.5 Å². The number of unbranched alkanes of at least 4 members (excludes halogenated alkanes) is 1. The molecule has 29 heavy (non-hydrogen) atoms. The molecule has 2 N–H and O–H groups in total. The highest BCUT2D eigenvalue weighted by molar-refractivity contribution is 6.21. The summed E-state index contributed by atoms with van der Waals surface area (Å²) in [6, 6.07) is 0. The van der Waals surface area contributed by atoms with E-state index in [2.05, 4.69) is 12.2 Å². The van der Waals surface area contributed by atoms with Crippen LogP contribution in [0.3, 0.4) is 0 Å². The molecule has 168 valence electrons. The monoisotopic (exact) mass is 428 g/mol. The van der Waals surface area contributed by atoms with Gasteiger partial charge in [-0.05, 0) is 83.0 Å². The van der Waals surface area contributed by atoms with Crippen molar-refractivity contribution in [1.29, 1.82) is 0 Å². The summed E-state index contributed by atoms with van der Waals surface area (Å²) >= 11 is 6.54. The lowest BCUT2D eigenvalue weighted by Crippen LogP contribution is -2.26. The fraction of sp³-hybridized carbons (Fsp3) is 0.875. The number of carbonyl (C=O) groups is 1. The Hall–Kier alpha value is -0.580. The molecule has 2 rings (SSSR count). The van der Waals surface area contributed by atoms with Gasteiger partial charge in [0.15, 0.2) is 0 Å². The van der Waals surface area contributed by atoms with Crippen molar-refractivity contribution in [3.05, 3.63) is 12.2 Å². The van der Waals surface area contributed by atoms with Crippen LogP contribution in [-0.4, -0.2) is 39.9 Å². The van der Waals surface area contributed by atoms with Gasteiger partial charge in [-0.15, -0.1) is 11.6 Å². The van der Waals surface area contributed by atoms with Crippen LogP contribution in [0, 0.1) is 17.8 Å². The van der Waals surface area contributed by atoms with Gasteiger partial charge in [-0.1, -0.05) is 31.4 Å². The molecule has 4 nitrogen and oxygen atoms in total. The first-order chi connectivity index (χ1) is 13.9. The first-order valence-corrected chi connectivity index (χ1v) is 12.2. The van der Waals surface area contributed by atoms with Crippen LogP contribution < -0.4 is 0 Å². The fourth-order valence-corrected chi connectivity index (χ4v) is 5.51. The van der Waals surface area contributed by atoms with E-state index >= 15 is 0 Å². The molecule has 0 bridgehead atoms. The second-order valence-electron chi connectivity index (χ2n) is 9.33. The molecule has 2 fully saturated rings. The maximum absolute atomic E-state index is 11.5. The van der Waals surface area contributed by atoms with E-state index in [1.807, 2.05) is 13.8 Å². The van der Waals surface area contributed by atoms with Gasteiger partial charge >= 0.3 is 5.97 Å². The number of aliphatic hydroxyl groups is 2. The minimum Gasteiger partial charge on any atom is -0.463 e. The Morgan fingerprint density at radius 3 is 2.59 bits per heavy atom. The predicted octanol–water partition coefficient (Wildman–Crippen LogP) is 5.38. The van der Waals surface area contributed by atoms with E-state index in [9.17, 15) is 15.0 Å². The van der Waals surface area contributed by atoms with Crippen LogP contribution in [0.1, 0.15) is 90.9 Å². The summed E-state index contributed by atoms with van der Waals surface area (Å²) < 4.78 is 5.14. The average molecular weight is 429 g/mol. The maximum Gasteiger partial charge on any atom is 0.306 e. The maximum atomic E-state index is 11.5. The van der Waals surface area contributed by atoms with E-state index in [4.69, 9.17) is 16.3 Å². The molecule has 2 aliphatic carbocycles. The van der Waals surface area contributed by atoms with Gasteiger partial charge in [-0.3, -0.25) is 4.79 Å². The van der Waals surface area contributed by atoms with Crippen molar-refractivity contribution in [3.63, 3.8) is 0 Å². The Morgan fingerprint density at radius 1 is 1.17 bits per heavy atom. The zero-order valence-corrected chi connectivity index (χ0v) is 19.0. The van der Waals surface area contributed by atoms with Crippen molar-refractivity contribution in [2.24, 2.45) is 17.8 Å². The number of aliphatic hydroxyl groups excluding tert-OH is 2. The summed E-state index contributed by atoms with van der Waals surface area (Å²) in [4.78, 5) is 11.5. The second kappa shape index (κ2) is 13.0. The van der Waals surface area contributed by atoms with Crippen molar-refractivity contribution < 1.29 is 19.7 Å². The Balaban J connectivity index is 1.72. The van der Waals surface area contributed by atoms with Gasteiger partial charge in [-0.25, -0.2) is 0 Å². The van der Waals surface area contributed by atoms with Crippen LogP contribution in [0.4, 0.5) is 0 Å². The third kappa shape index (κ3) is 8.59. The van der Waals surface area contributed by atoms with Crippen molar-refractivity contribution in [2.75, 3.05) is 0 Å². The van der Waals surface area contributed by atoms with Crippen LogP contribution in [0.15, 0.2) is 12.2 Å². The SMILES string of the molecule is CC(C)OC(=O)CCC/C=C\C[C@H]1C(Cl)CC(O)[C@@H]1CCC(O)C1CCCCC1. The fourth-order valence-electron chi connectivity index (χ4n) is 5.04. The number of esters is 1. The molecule has 0 aromatic heterocycles. The number of ether oxygens (including phenoxy) is 1. The molecular formula is C24H41ClO4. The number of carbonyl (C=O) groups excluding carboxylic acids is 1. The normalized spacial score (nSPS) is 29.6. The third-order valence-electron chi connectivity index (χ3n) is 6.66. The lowest BCUT2D eigenvalue weighted by molar-refractivity contribution is -0.147. The molecule has 0 heterocycles. The summed E-state index contributed by atoms with van der Waals surface area (Å²) in [5.41, 5.74) is 0. The van der Waals surface area contributed by atoms with Crippen molar-refractivity contribution >= 4 is 17.6 Å². The van der Waals surface area contributed by atoms with Crippen LogP contribution in [-0.2, 0) is 9.53 Å². The zero-order valence-electron chi connectivity index (χ0n) is 18.3. The number of rotatable bonds is 11. The minimum absolute atomic E-state index is 0.00695. The quantitative estimate of drug-likeness (QED) is 0.200. The largest absolute Gasteiger partial charge is 0.463 e. The Bertz CT molecular complexity index is 501. The molecule has 5 atom stereocenters. The van der Waals surface area contributed by atoms with Gasteiger partial charge in [0.05, 0.1) is 18.3 Å². The number of hydrogen-bond donors (Lipinski definition) is 2. The smallest absolute Gasteiger partial charge is 0.306 e. The molecule has 0 aliphatic heterocycles. The highest BCUT2D eigenvalue weighted by Crippen LogP contribution is 2.42. The number of allylic oxidation sites excluding steroid dienone is 2. The predicted molar refractivity (Wildman–Crippen MR) is 118 cm³/mol. The summed E-state index contributed by atoms with van der Waals surface area (Å²) in [7, 11) is 0. The Labute approximate surface area is 182 Å². The standard InChI is InChI=1S/C24H41ClO4/c1-17(2)29-24(28)13-9-4-3-8-12-19-20(23(27)16-21(19)25)14-15-22(26)18-10-6-5-7-11-18/h3,8,17-23,26-27H,4-7,9-16H2,1-2H3/b8-3-/t19-,20-,21?,22?,23?/m1/s1. The molecule has 2 aliphatic rings. The Morgan fingerprint density at radius 2 is 1.90 bits per heavy atom. The third-order valence-corrected chi connectivity index (χ3v) is 7.16. The van der Waals surface area contributed by atoms with Gasteiger partial charge in [0.25, 0.3) is 0 Å². The second-order valence-corrected chi connectivity index (χ2v) is 9.89. The molecule has 0 amide bonds. The summed E-state index contributed by atoms with van der Waals surface area (Å²) in [6.07, 6.45) is 14.9. The molecule has 0 spiro atoms. The van der Waals surface area contributed by atoms with Gasteiger partial charge < -0.3 is 14.9 Å². The molecule has 0 aromatic carbocycles. The molecule has 5 heteroatoms. The van der Waals surface area contributed by atoms with E-state index in [0.717, 1.165) is 44.9 Å². The van der Waals surface area contributed by atoms with Gasteiger partial charge in [-0.2, -0.15) is 0 Å². The van der Waals surface area contributed by atoms with Crippen LogP contribution in [0.2, 0.25) is 0 Å². The minimum atomic E-state index is -0.361. The van der Waals surface area contributed by atoms with E-state index in [1.165, 1.54) is 19.3 Å². The van der Waals surface area contributed by atoms with Crippen LogP contribution >= 0.6 is 11.6 Å². The van der Waals surface area contributed by atoms with Gasteiger partial charge in [0.1, 0.15) is 0 Å². The first-order valence-electron chi connectivity index (χ1n) is 11.7. The summed E-state index contributed by atoms with van der Waals surface area (Å²) in [5.74, 6) is 0.730. The van der Waals surface area contributed by atoms with Crippen LogP contribution in [0.5, 0.6) is 0 Å². The first kappa shape index (κ1) is 24.7. The topological polar surface area (TPSA) is 66.8 Å². The van der Waals surface area contributed by atoms with Gasteiger partial charge in [0, 0.05) is 11.8 Å². The molecule has 0 radical (unpaired) electrons.